The van der Waals surface area contributed by atoms with E-state index in [0.29, 0.717) is 0 Å². The highest BCUT2D eigenvalue weighted by Gasteiger charge is 2.22. The first-order chi connectivity index (χ1) is 13.6. The SMILES string of the molecule is COc1c(C)cnc(C(CCSC)n2ccc(-c3ccccc3SC)n2)c1C. The van der Waals surface area contributed by atoms with Gasteiger partial charge in [0.15, 0.2) is 0 Å². The summed E-state index contributed by atoms with van der Waals surface area (Å²) in [5.41, 5.74) is 5.35. The third-order valence-corrected chi connectivity index (χ3v) is 6.35. The van der Waals surface area contributed by atoms with Gasteiger partial charge in [0.05, 0.1) is 24.5 Å². The van der Waals surface area contributed by atoms with Crippen LogP contribution in [0.5, 0.6) is 5.75 Å². The summed E-state index contributed by atoms with van der Waals surface area (Å²) in [7, 11) is 1.72. The van der Waals surface area contributed by atoms with Crippen molar-refractivity contribution in [3.8, 4) is 17.0 Å². The van der Waals surface area contributed by atoms with Crippen LogP contribution in [0.4, 0.5) is 0 Å². The van der Waals surface area contributed by atoms with E-state index in [1.165, 1.54) is 10.5 Å². The number of methoxy groups -OCH3 is 1. The van der Waals surface area contributed by atoms with Gasteiger partial charge in [-0.15, -0.1) is 11.8 Å². The van der Waals surface area contributed by atoms with Crippen LogP contribution in [-0.2, 0) is 0 Å². The Balaban J connectivity index is 2.04. The van der Waals surface area contributed by atoms with E-state index in [9.17, 15) is 0 Å². The maximum Gasteiger partial charge on any atom is 0.128 e. The fourth-order valence-electron chi connectivity index (χ4n) is 3.52. The molecule has 3 rings (SSSR count). The lowest BCUT2D eigenvalue weighted by Crippen LogP contribution is -2.16. The number of nitrogens with zero attached hydrogens (tertiary/aromatic N) is 3. The number of rotatable bonds is 8. The minimum Gasteiger partial charge on any atom is -0.496 e. The highest BCUT2D eigenvalue weighted by Crippen LogP contribution is 2.33. The Kier molecular flexibility index (Phi) is 7.08. The second-order valence-corrected chi connectivity index (χ2v) is 8.50. The van der Waals surface area contributed by atoms with Crippen molar-refractivity contribution >= 4 is 23.5 Å². The molecular formula is C22H27N3OS2. The molecule has 28 heavy (non-hydrogen) atoms. The number of aryl methyl sites for hydroxylation is 1. The van der Waals surface area contributed by atoms with Gasteiger partial charge in [0.2, 0.25) is 0 Å². The van der Waals surface area contributed by atoms with E-state index in [2.05, 4.69) is 60.6 Å². The Morgan fingerprint density at radius 1 is 1.14 bits per heavy atom. The smallest absolute Gasteiger partial charge is 0.128 e. The molecule has 0 bridgehead atoms. The van der Waals surface area contributed by atoms with Crippen molar-refractivity contribution in [1.29, 1.82) is 0 Å². The molecular weight excluding hydrogens is 386 g/mol. The lowest BCUT2D eigenvalue weighted by atomic mass is 10.0. The van der Waals surface area contributed by atoms with Gasteiger partial charge in [-0.25, -0.2) is 0 Å². The van der Waals surface area contributed by atoms with Crippen molar-refractivity contribution in [2.75, 3.05) is 25.4 Å². The molecule has 1 atom stereocenters. The Hall–Kier alpha value is -1.92. The van der Waals surface area contributed by atoms with Crippen LogP contribution in [0, 0.1) is 13.8 Å². The van der Waals surface area contributed by atoms with Gasteiger partial charge in [-0.05, 0) is 50.7 Å². The third kappa shape index (κ3) is 4.23. The van der Waals surface area contributed by atoms with Crippen molar-refractivity contribution in [3.63, 3.8) is 0 Å². The van der Waals surface area contributed by atoms with E-state index >= 15 is 0 Å². The van der Waals surface area contributed by atoms with E-state index in [1.807, 2.05) is 24.9 Å². The van der Waals surface area contributed by atoms with Crippen molar-refractivity contribution in [1.82, 2.24) is 14.8 Å². The Bertz CT molecular complexity index is 939. The Morgan fingerprint density at radius 3 is 2.64 bits per heavy atom. The molecule has 0 saturated carbocycles. The molecule has 1 unspecified atom stereocenters. The number of aromatic nitrogens is 3. The van der Waals surface area contributed by atoms with Crippen LogP contribution in [0.1, 0.15) is 29.3 Å². The average Bonchev–Trinajstić information content (AvgIpc) is 3.19. The fourth-order valence-corrected chi connectivity index (χ4v) is 4.59. The minimum atomic E-state index is 0.0807. The highest BCUT2D eigenvalue weighted by atomic mass is 32.2. The van der Waals surface area contributed by atoms with Gasteiger partial charge in [-0.2, -0.15) is 16.9 Å². The van der Waals surface area contributed by atoms with Gasteiger partial charge in [0, 0.05) is 34.0 Å². The molecule has 148 valence electrons. The topological polar surface area (TPSA) is 39.9 Å². The van der Waals surface area contributed by atoms with E-state index in [0.717, 1.165) is 40.4 Å². The van der Waals surface area contributed by atoms with Crippen LogP contribution in [0.25, 0.3) is 11.3 Å². The average molecular weight is 414 g/mol. The van der Waals surface area contributed by atoms with Crippen LogP contribution >= 0.6 is 23.5 Å². The highest BCUT2D eigenvalue weighted by molar-refractivity contribution is 7.98. The predicted octanol–water partition coefficient (Wildman–Crippen LogP) is 5.63. The number of ether oxygens (including phenoxy) is 1. The van der Waals surface area contributed by atoms with Gasteiger partial charge >= 0.3 is 0 Å². The van der Waals surface area contributed by atoms with Gasteiger partial charge < -0.3 is 4.74 Å². The lowest BCUT2D eigenvalue weighted by molar-refractivity contribution is 0.403. The van der Waals surface area contributed by atoms with E-state index in [-0.39, 0.29) is 6.04 Å². The van der Waals surface area contributed by atoms with Crippen molar-refractivity contribution in [3.05, 3.63) is 59.5 Å². The number of hydrogen-bond acceptors (Lipinski definition) is 5. The van der Waals surface area contributed by atoms with Gasteiger partial charge in [-0.3, -0.25) is 9.67 Å². The summed E-state index contributed by atoms with van der Waals surface area (Å²) in [5.74, 6) is 1.96. The largest absolute Gasteiger partial charge is 0.496 e. The van der Waals surface area contributed by atoms with Gasteiger partial charge in [0.25, 0.3) is 0 Å². The summed E-state index contributed by atoms with van der Waals surface area (Å²) in [6.07, 6.45) is 9.18. The summed E-state index contributed by atoms with van der Waals surface area (Å²) in [6, 6.07) is 10.6. The molecule has 2 aromatic heterocycles. The molecule has 1 aromatic carbocycles. The first-order valence-electron chi connectivity index (χ1n) is 9.28. The predicted molar refractivity (Wildman–Crippen MR) is 121 cm³/mol. The zero-order chi connectivity index (χ0) is 20.1. The van der Waals surface area contributed by atoms with E-state index in [4.69, 9.17) is 14.8 Å². The molecule has 0 aliphatic heterocycles. The minimum absolute atomic E-state index is 0.0807. The first-order valence-corrected chi connectivity index (χ1v) is 11.9. The standard InChI is InChI=1S/C22H27N3OS2/c1-15-14-23-21(16(2)22(15)26-3)19(11-13-27-4)25-12-10-18(24-25)17-8-6-7-9-20(17)28-5/h6-10,12,14,19H,11,13H2,1-5H3. The van der Waals surface area contributed by atoms with Crippen LogP contribution in [-0.4, -0.2) is 40.1 Å². The van der Waals surface area contributed by atoms with Crippen LogP contribution in [0.2, 0.25) is 0 Å². The maximum atomic E-state index is 5.63. The Labute approximate surface area is 176 Å². The molecule has 0 spiro atoms. The molecule has 0 N–H and O–H groups in total. The molecule has 3 aromatic rings. The fraction of sp³-hybridized carbons (Fsp3) is 0.364. The molecule has 0 aliphatic carbocycles. The molecule has 2 heterocycles. The van der Waals surface area contributed by atoms with E-state index in [1.54, 1.807) is 18.9 Å². The molecule has 0 fully saturated rings. The summed E-state index contributed by atoms with van der Waals surface area (Å²) in [4.78, 5) is 6.01. The first kappa shape index (κ1) is 20.8. The lowest BCUT2D eigenvalue weighted by Gasteiger charge is -2.21. The number of benzene rings is 1. The number of thioether (sulfide) groups is 2. The molecule has 0 aliphatic rings. The quantitative estimate of drug-likeness (QED) is 0.447. The zero-order valence-electron chi connectivity index (χ0n) is 17.1. The van der Waals surface area contributed by atoms with Crippen LogP contribution in [0.15, 0.2) is 47.6 Å². The summed E-state index contributed by atoms with van der Waals surface area (Å²) in [6.45, 7) is 4.12. The molecule has 4 nitrogen and oxygen atoms in total. The number of pyridine rings is 1. The van der Waals surface area contributed by atoms with Crippen LogP contribution < -0.4 is 4.74 Å². The molecule has 6 heteroatoms. The summed E-state index contributed by atoms with van der Waals surface area (Å²) < 4.78 is 7.70. The Morgan fingerprint density at radius 2 is 1.93 bits per heavy atom. The van der Waals surface area contributed by atoms with Crippen molar-refractivity contribution in [2.45, 2.75) is 31.2 Å². The molecule has 0 saturated heterocycles. The summed E-state index contributed by atoms with van der Waals surface area (Å²) in [5, 5.41) is 4.95. The van der Waals surface area contributed by atoms with Gasteiger partial charge in [-0.1, -0.05) is 18.2 Å². The normalized spacial score (nSPS) is 12.2. The number of hydrogen-bond donors (Lipinski definition) is 0. The van der Waals surface area contributed by atoms with Crippen molar-refractivity contribution in [2.24, 2.45) is 0 Å². The second-order valence-electron chi connectivity index (χ2n) is 6.66. The second kappa shape index (κ2) is 9.52. The molecule has 0 radical (unpaired) electrons. The van der Waals surface area contributed by atoms with Crippen molar-refractivity contribution < 1.29 is 4.74 Å². The maximum absolute atomic E-state index is 5.63. The van der Waals surface area contributed by atoms with Gasteiger partial charge in [0.1, 0.15) is 5.75 Å². The monoisotopic (exact) mass is 413 g/mol. The third-order valence-electron chi connectivity index (χ3n) is 4.91. The van der Waals surface area contributed by atoms with E-state index < -0.39 is 0 Å². The summed E-state index contributed by atoms with van der Waals surface area (Å²) >= 11 is 3.59. The van der Waals surface area contributed by atoms with Crippen LogP contribution in [0.3, 0.4) is 0 Å². The zero-order valence-corrected chi connectivity index (χ0v) is 18.7. The molecule has 0 amide bonds.